The maximum atomic E-state index is 12.8. The number of carbonyl (C=O) groups excluding carboxylic acids is 1. The highest BCUT2D eigenvalue weighted by Gasteiger charge is 2.37. The third-order valence-corrected chi connectivity index (χ3v) is 3.55. The summed E-state index contributed by atoms with van der Waals surface area (Å²) in [5.41, 5.74) is -0.0686. The van der Waals surface area contributed by atoms with Crippen molar-refractivity contribution in [3.63, 3.8) is 0 Å². The molecule has 1 aromatic carbocycles. The zero-order valence-corrected chi connectivity index (χ0v) is 12.0. The summed E-state index contributed by atoms with van der Waals surface area (Å²) in [5, 5.41) is 0. The Hall–Kier alpha value is -2.57. The van der Waals surface area contributed by atoms with Crippen molar-refractivity contribution in [2.75, 3.05) is 11.5 Å². The van der Waals surface area contributed by atoms with Crippen LogP contribution in [0.15, 0.2) is 48.5 Å². The Morgan fingerprint density at radius 2 is 1.87 bits per heavy atom. The molecule has 1 saturated heterocycles. The van der Waals surface area contributed by atoms with Crippen LogP contribution in [-0.4, -0.2) is 23.7 Å². The Labute approximate surface area is 130 Å². The first-order valence-electron chi connectivity index (χ1n) is 6.99. The van der Waals surface area contributed by atoms with Crippen LogP contribution in [0, 0.1) is 0 Å². The first-order valence-corrected chi connectivity index (χ1v) is 6.99. The zero-order chi connectivity index (χ0) is 16.4. The van der Waals surface area contributed by atoms with Crippen molar-refractivity contribution in [3.8, 4) is 0 Å². The van der Waals surface area contributed by atoms with Crippen LogP contribution in [0.1, 0.15) is 11.3 Å². The largest absolute Gasteiger partial charge is 0.447 e. The molecule has 120 valence electrons. The molecule has 1 aliphatic rings. The summed E-state index contributed by atoms with van der Waals surface area (Å²) in [4.78, 5) is 16.7. The summed E-state index contributed by atoms with van der Waals surface area (Å²) < 4.78 is 43.4. The zero-order valence-electron chi connectivity index (χ0n) is 12.0. The van der Waals surface area contributed by atoms with Crippen LogP contribution in [-0.2, 0) is 17.3 Å². The molecule has 1 amide bonds. The van der Waals surface area contributed by atoms with E-state index in [2.05, 4.69) is 4.98 Å². The van der Waals surface area contributed by atoms with Gasteiger partial charge in [0.1, 0.15) is 18.1 Å². The lowest BCUT2D eigenvalue weighted by Crippen LogP contribution is -2.36. The fourth-order valence-electron chi connectivity index (χ4n) is 2.49. The van der Waals surface area contributed by atoms with Crippen molar-refractivity contribution in [1.82, 2.24) is 4.98 Å². The molecule has 0 aliphatic carbocycles. The predicted molar refractivity (Wildman–Crippen MR) is 77.0 cm³/mol. The predicted octanol–water partition coefficient (Wildman–Crippen LogP) is 3.67. The number of amides is 1. The van der Waals surface area contributed by atoms with E-state index in [9.17, 15) is 18.0 Å². The highest BCUT2D eigenvalue weighted by atomic mass is 19.4. The highest BCUT2D eigenvalue weighted by molar-refractivity contribution is 5.89. The van der Waals surface area contributed by atoms with Crippen molar-refractivity contribution in [2.24, 2.45) is 0 Å². The summed E-state index contributed by atoms with van der Waals surface area (Å²) in [6.45, 7) is 0.117. The van der Waals surface area contributed by atoms with Crippen molar-refractivity contribution in [2.45, 2.75) is 18.6 Å². The number of hydrogen-bond acceptors (Lipinski definition) is 3. The quantitative estimate of drug-likeness (QED) is 0.866. The van der Waals surface area contributed by atoms with Crippen LogP contribution in [0.2, 0.25) is 0 Å². The van der Waals surface area contributed by atoms with Crippen LogP contribution in [0.4, 0.5) is 23.8 Å². The SMILES string of the molecule is O=C1OC[C@@H](Cc2ccccc2)N1c1cccc(C(F)(F)F)n1. The minimum Gasteiger partial charge on any atom is -0.447 e. The van der Waals surface area contributed by atoms with E-state index in [-0.39, 0.29) is 18.5 Å². The minimum absolute atomic E-state index is 0.0525. The Morgan fingerprint density at radius 3 is 2.57 bits per heavy atom. The molecular weight excluding hydrogens is 309 g/mol. The average molecular weight is 322 g/mol. The molecule has 0 N–H and O–H groups in total. The fourth-order valence-corrected chi connectivity index (χ4v) is 2.49. The summed E-state index contributed by atoms with van der Waals surface area (Å²) >= 11 is 0. The normalized spacial score (nSPS) is 18.1. The smallest absolute Gasteiger partial charge is 0.433 e. The van der Waals surface area contributed by atoms with Gasteiger partial charge in [0.15, 0.2) is 0 Å². The maximum Gasteiger partial charge on any atom is 0.433 e. The van der Waals surface area contributed by atoms with Gasteiger partial charge in [-0.05, 0) is 24.1 Å². The number of hydrogen-bond donors (Lipinski definition) is 0. The molecular formula is C16H13F3N2O2. The van der Waals surface area contributed by atoms with Gasteiger partial charge in [-0.3, -0.25) is 4.90 Å². The van der Waals surface area contributed by atoms with Crippen LogP contribution in [0.25, 0.3) is 0 Å². The lowest BCUT2D eigenvalue weighted by molar-refractivity contribution is -0.141. The van der Waals surface area contributed by atoms with E-state index in [1.807, 2.05) is 30.3 Å². The number of benzene rings is 1. The van der Waals surface area contributed by atoms with E-state index in [0.29, 0.717) is 6.42 Å². The number of carbonyl (C=O) groups is 1. The number of nitrogens with zero attached hydrogens (tertiary/aromatic N) is 2. The molecule has 2 aromatic rings. The van der Waals surface area contributed by atoms with E-state index < -0.39 is 18.0 Å². The fraction of sp³-hybridized carbons (Fsp3) is 0.250. The lowest BCUT2D eigenvalue weighted by Gasteiger charge is -2.21. The molecule has 0 spiro atoms. The van der Waals surface area contributed by atoms with Gasteiger partial charge < -0.3 is 4.74 Å². The van der Waals surface area contributed by atoms with E-state index in [1.165, 1.54) is 17.0 Å². The van der Waals surface area contributed by atoms with Crippen molar-refractivity contribution in [1.29, 1.82) is 0 Å². The number of cyclic esters (lactones) is 1. The third kappa shape index (κ3) is 3.28. The van der Waals surface area contributed by atoms with Gasteiger partial charge in [0.05, 0.1) is 6.04 Å². The molecule has 3 rings (SSSR count). The molecule has 1 aliphatic heterocycles. The molecule has 4 nitrogen and oxygen atoms in total. The van der Waals surface area contributed by atoms with E-state index >= 15 is 0 Å². The number of pyridine rings is 1. The first-order chi connectivity index (χ1) is 10.9. The number of anilines is 1. The number of aromatic nitrogens is 1. The topological polar surface area (TPSA) is 42.4 Å². The maximum absolute atomic E-state index is 12.8. The molecule has 0 bridgehead atoms. The van der Waals surface area contributed by atoms with Crippen LogP contribution in [0.5, 0.6) is 0 Å². The Morgan fingerprint density at radius 1 is 1.13 bits per heavy atom. The molecule has 2 heterocycles. The molecule has 0 saturated carbocycles. The number of halogens is 3. The Bertz CT molecular complexity index is 704. The molecule has 1 fully saturated rings. The molecule has 1 aromatic heterocycles. The van der Waals surface area contributed by atoms with E-state index in [1.54, 1.807) is 0 Å². The van der Waals surface area contributed by atoms with Crippen LogP contribution >= 0.6 is 0 Å². The average Bonchev–Trinajstić information content (AvgIpc) is 2.88. The van der Waals surface area contributed by atoms with Gasteiger partial charge in [-0.25, -0.2) is 9.78 Å². The number of ether oxygens (including phenoxy) is 1. The Kier molecular flexibility index (Phi) is 3.94. The van der Waals surface area contributed by atoms with Crippen molar-refractivity contribution < 1.29 is 22.7 Å². The van der Waals surface area contributed by atoms with Crippen molar-refractivity contribution >= 4 is 11.9 Å². The van der Waals surface area contributed by atoms with Crippen LogP contribution < -0.4 is 4.90 Å². The van der Waals surface area contributed by atoms with E-state index in [4.69, 9.17) is 4.74 Å². The molecule has 0 unspecified atom stereocenters. The summed E-state index contributed by atoms with van der Waals surface area (Å²) in [6, 6.07) is 12.5. The van der Waals surface area contributed by atoms with Gasteiger partial charge in [-0.1, -0.05) is 36.4 Å². The minimum atomic E-state index is -4.56. The first kappa shape index (κ1) is 15.3. The second kappa shape index (κ2) is 5.91. The molecule has 0 radical (unpaired) electrons. The van der Waals surface area contributed by atoms with Gasteiger partial charge in [-0.2, -0.15) is 13.2 Å². The summed E-state index contributed by atoms with van der Waals surface area (Å²) in [7, 11) is 0. The standard InChI is InChI=1S/C16H13F3N2O2/c17-16(18,19)13-7-4-8-14(20-13)21-12(10-23-15(21)22)9-11-5-2-1-3-6-11/h1-8,12H,9-10H2/t12-/m1/s1. The van der Waals surface area contributed by atoms with Gasteiger partial charge in [0.25, 0.3) is 0 Å². The third-order valence-electron chi connectivity index (χ3n) is 3.55. The van der Waals surface area contributed by atoms with Crippen molar-refractivity contribution in [3.05, 3.63) is 59.8 Å². The van der Waals surface area contributed by atoms with E-state index in [0.717, 1.165) is 11.6 Å². The summed E-state index contributed by atoms with van der Waals surface area (Å²) in [5.74, 6) is -0.0525. The van der Waals surface area contributed by atoms with Gasteiger partial charge in [0, 0.05) is 0 Å². The summed E-state index contributed by atoms with van der Waals surface area (Å²) in [6.07, 6.45) is -4.77. The second-order valence-electron chi connectivity index (χ2n) is 5.17. The highest BCUT2D eigenvalue weighted by Crippen LogP contribution is 2.30. The molecule has 1 atom stereocenters. The Balaban J connectivity index is 1.88. The van der Waals surface area contributed by atoms with Gasteiger partial charge in [-0.15, -0.1) is 0 Å². The molecule has 7 heteroatoms. The van der Waals surface area contributed by atoms with Gasteiger partial charge >= 0.3 is 12.3 Å². The monoisotopic (exact) mass is 322 g/mol. The van der Waals surface area contributed by atoms with Gasteiger partial charge in [0.2, 0.25) is 0 Å². The molecule has 23 heavy (non-hydrogen) atoms. The second-order valence-corrected chi connectivity index (χ2v) is 5.17. The lowest BCUT2D eigenvalue weighted by atomic mass is 10.1. The number of alkyl halides is 3. The van der Waals surface area contributed by atoms with Crippen LogP contribution in [0.3, 0.4) is 0 Å². The number of rotatable bonds is 3.